The van der Waals surface area contributed by atoms with Gasteiger partial charge < -0.3 is 4.90 Å². The van der Waals surface area contributed by atoms with Gasteiger partial charge >= 0.3 is 0 Å². The molecule has 2 aromatic heterocycles. The van der Waals surface area contributed by atoms with Gasteiger partial charge in [-0.2, -0.15) is 5.10 Å². The van der Waals surface area contributed by atoms with Crippen molar-refractivity contribution in [3.8, 4) is 5.69 Å². The summed E-state index contributed by atoms with van der Waals surface area (Å²) < 4.78 is 14.7. The standard InChI is InChI=1S/C19H21FN4OS/c1-12(2)18-22-13(3)17(26-18)19(25)23(4)10-14-9-21-24(11-14)16-7-5-15(20)6-8-16/h5-9,11-12H,10H2,1-4H3. The molecular weight excluding hydrogens is 351 g/mol. The molecule has 2 heterocycles. The number of hydrogen-bond acceptors (Lipinski definition) is 4. The number of carbonyl (C=O) groups excluding carboxylic acids is 1. The minimum absolute atomic E-state index is 0.0403. The minimum Gasteiger partial charge on any atom is -0.337 e. The van der Waals surface area contributed by atoms with Crippen LogP contribution in [0.1, 0.15) is 45.7 Å². The van der Waals surface area contributed by atoms with Crippen LogP contribution in [0.5, 0.6) is 0 Å². The van der Waals surface area contributed by atoms with Crippen molar-refractivity contribution in [3.63, 3.8) is 0 Å². The lowest BCUT2D eigenvalue weighted by Crippen LogP contribution is -2.25. The Hall–Kier alpha value is -2.54. The number of aryl methyl sites for hydroxylation is 1. The second kappa shape index (κ2) is 7.37. The van der Waals surface area contributed by atoms with Crippen LogP contribution in [-0.4, -0.2) is 32.6 Å². The first-order valence-electron chi connectivity index (χ1n) is 8.37. The molecule has 3 aromatic rings. The highest BCUT2D eigenvalue weighted by atomic mass is 32.1. The van der Waals surface area contributed by atoms with Crippen molar-refractivity contribution in [2.75, 3.05) is 7.05 Å². The third kappa shape index (κ3) is 3.83. The molecule has 0 saturated heterocycles. The van der Waals surface area contributed by atoms with E-state index in [0.29, 0.717) is 17.3 Å². The van der Waals surface area contributed by atoms with Crippen molar-refractivity contribution in [3.05, 3.63) is 63.6 Å². The molecule has 5 nitrogen and oxygen atoms in total. The summed E-state index contributed by atoms with van der Waals surface area (Å²) in [4.78, 5) is 19.6. The molecule has 0 saturated carbocycles. The van der Waals surface area contributed by atoms with Gasteiger partial charge in [-0.1, -0.05) is 13.8 Å². The molecule has 0 bridgehead atoms. The third-order valence-electron chi connectivity index (χ3n) is 3.99. The normalized spacial score (nSPS) is 11.2. The number of hydrogen-bond donors (Lipinski definition) is 0. The zero-order chi connectivity index (χ0) is 18.8. The maximum atomic E-state index is 13.0. The number of benzene rings is 1. The fourth-order valence-corrected chi connectivity index (χ4v) is 3.62. The van der Waals surface area contributed by atoms with Crippen molar-refractivity contribution in [1.82, 2.24) is 19.7 Å². The monoisotopic (exact) mass is 372 g/mol. The summed E-state index contributed by atoms with van der Waals surface area (Å²) in [6.07, 6.45) is 3.56. The van der Waals surface area contributed by atoms with Gasteiger partial charge in [0.05, 0.1) is 22.6 Å². The number of nitrogens with zero attached hydrogens (tertiary/aromatic N) is 4. The maximum Gasteiger partial charge on any atom is 0.265 e. The fourth-order valence-electron chi connectivity index (χ4n) is 2.56. The van der Waals surface area contributed by atoms with Gasteiger partial charge in [0.15, 0.2) is 0 Å². The van der Waals surface area contributed by atoms with Crippen LogP contribution in [0.2, 0.25) is 0 Å². The lowest BCUT2D eigenvalue weighted by Gasteiger charge is -2.15. The molecule has 0 radical (unpaired) electrons. The third-order valence-corrected chi connectivity index (χ3v) is 5.44. The molecule has 3 rings (SSSR count). The number of amides is 1. The summed E-state index contributed by atoms with van der Waals surface area (Å²) in [5.41, 5.74) is 2.44. The molecule has 0 aliphatic rings. The van der Waals surface area contributed by atoms with Gasteiger partial charge in [0.1, 0.15) is 10.7 Å². The Bertz CT molecular complexity index is 914. The van der Waals surface area contributed by atoms with Crippen molar-refractivity contribution in [1.29, 1.82) is 0 Å². The van der Waals surface area contributed by atoms with Gasteiger partial charge in [-0.3, -0.25) is 4.79 Å². The summed E-state index contributed by atoms with van der Waals surface area (Å²) in [6, 6.07) is 6.11. The summed E-state index contributed by atoms with van der Waals surface area (Å²) >= 11 is 1.46. The highest BCUT2D eigenvalue weighted by molar-refractivity contribution is 7.13. The van der Waals surface area contributed by atoms with Gasteiger partial charge in [0.25, 0.3) is 5.91 Å². The first-order valence-corrected chi connectivity index (χ1v) is 9.19. The second-order valence-corrected chi connectivity index (χ2v) is 7.58. The number of carbonyl (C=O) groups is 1. The molecule has 7 heteroatoms. The zero-order valence-electron chi connectivity index (χ0n) is 15.2. The van der Waals surface area contributed by atoms with Crippen molar-refractivity contribution in [2.45, 2.75) is 33.2 Å². The van der Waals surface area contributed by atoms with Crippen LogP contribution in [0.15, 0.2) is 36.7 Å². The maximum absolute atomic E-state index is 13.0. The van der Waals surface area contributed by atoms with Crippen LogP contribution in [0.3, 0.4) is 0 Å². The van der Waals surface area contributed by atoms with E-state index in [1.54, 1.807) is 35.0 Å². The first kappa shape index (κ1) is 18.3. The SMILES string of the molecule is Cc1nc(C(C)C)sc1C(=O)N(C)Cc1cnn(-c2ccc(F)cc2)c1. The van der Waals surface area contributed by atoms with E-state index in [1.807, 2.05) is 13.1 Å². The van der Waals surface area contributed by atoms with E-state index < -0.39 is 0 Å². The molecule has 0 aliphatic heterocycles. The molecule has 0 spiro atoms. The molecular formula is C19H21FN4OS. The Morgan fingerprint density at radius 2 is 2.00 bits per heavy atom. The van der Waals surface area contributed by atoms with E-state index in [4.69, 9.17) is 0 Å². The van der Waals surface area contributed by atoms with Crippen LogP contribution < -0.4 is 0 Å². The van der Waals surface area contributed by atoms with Gasteiger partial charge in [-0.25, -0.2) is 14.1 Å². The van der Waals surface area contributed by atoms with Crippen LogP contribution in [0.4, 0.5) is 4.39 Å². The van der Waals surface area contributed by atoms with E-state index >= 15 is 0 Å². The van der Waals surface area contributed by atoms with E-state index in [0.717, 1.165) is 22.0 Å². The molecule has 0 aliphatic carbocycles. The van der Waals surface area contributed by atoms with Crippen molar-refractivity contribution < 1.29 is 9.18 Å². The molecule has 0 fully saturated rings. The Labute approximate surface area is 156 Å². The van der Waals surface area contributed by atoms with E-state index in [-0.39, 0.29) is 11.7 Å². The zero-order valence-corrected chi connectivity index (χ0v) is 16.0. The van der Waals surface area contributed by atoms with Crippen LogP contribution in [0.25, 0.3) is 5.69 Å². The van der Waals surface area contributed by atoms with Gasteiger partial charge in [-0.05, 0) is 31.2 Å². The van der Waals surface area contributed by atoms with E-state index in [2.05, 4.69) is 23.9 Å². The average molecular weight is 372 g/mol. The summed E-state index contributed by atoms with van der Waals surface area (Å²) in [6.45, 7) is 6.45. The highest BCUT2D eigenvalue weighted by Crippen LogP contribution is 2.25. The predicted molar refractivity (Wildman–Crippen MR) is 100 cm³/mol. The van der Waals surface area contributed by atoms with Gasteiger partial charge in [0, 0.05) is 31.3 Å². The summed E-state index contributed by atoms with van der Waals surface area (Å²) in [7, 11) is 1.77. The Morgan fingerprint density at radius 3 is 2.62 bits per heavy atom. The molecule has 26 heavy (non-hydrogen) atoms. The van der Waals surface area contributed by atoms with Crippen LogP contribution >= 0.6 is 11.3 Å². The number of halogens is 1. The smallest absolute Gasteiger partial charge is 0.265 e. The van der Waals surface area contributed by atoms with Crippen LogP contribution in [-0.2, 0) is 6.54 Å². The molecule has 0 N–H and O–H groups in total. The van der Waals surface area contributed by atoms with E-state index in [1.165, 1.54) is 23.5 Å². The number of aromatic nitrogens is 3. The average Bonchev–Trinajstić information content (AvgIpc) is 3.21. The van der Waals surface area contributed by atoms with E-state index in [9.17, 15) is 9.18 Å². The fraction of sp³-hybridized carbons (Fsp3) is 0.316. The lowest BCUT2D eigenvalue weighted by atomic mass is 10.2. The van der Waals surface area contributed by atoms with Crippen LogP contribution in [0, 0.1) is 12.7 Å². The van der Waals surface area contributed by atoms with Gasteiger partial charge in [-0.15, -0.1) is 11.3 Å². The second-order valence-electron chi connectivity index (χ2n) is 6.55. The molecule has 0 unspecified atom stereocenters. The summed E-state index contributed by atoms with van der Waals surface area (Å²) in [5, 5.41) is 5.27. The number of rotatable bonds is 5. The summed E-state index contributed by atoms with van der Waals surface area (Å²) in [5.74, 6) is -0.0203. The Kier molecular flexibility index (Phi) is 5.18. The molecule has 1 amide bonds. The largest absolute Gasteiger partial charge is 0.337 e. The number of thiazole rings is 1. The quantitative estimate of drug-likeness (QED) is 0.675. The van der Waals surface area contributed by atoms with Crippen molar-refractivity contribution >= 4 is 17.2 Å². The minimum atomic E-state index is -0.285. The van der Waals surface area contributed by atoms with Gasteiger partial charge in [0.2, 0.25) is 0 Å². The molecule has 0 atom stereocenters. The topological polar surface area (TPSA) is 51.0 Å². The Balaban J connectivity index is 1.73. The predicted octanol–water partition coefficient (Wildman–Crippen LogP) is 4.17. The lowest BCUT2D eigenvalue weighted by molar-refractivity contribution is 0.0789. The highest BCUT2D eigenvalue weighted by Gasteiger charge is 2.20. The molecule has 136 valence electrons. The molecule has 1 aromatic carbocycles. The first-order chi connectivity index (χ1) is 12.3. The van der Waals surface area contributed by atoms with Crippen molar-refractivity contribution in [2.24, 2.45) is 0 Å². The Morgan fingerprint density at radius 1 is 1.31 bits per heavy atom.